The van der Waals surface area contributed by atoms with Gasteiger partial charge < -0.3 is 9.90 Å². The van der Waals surface area contributed by atoms with Gasteiger partial charge in [-0.1, -0.05) is 24.3 Å². The van der Waals surface area contributed by atoms with Crippen molar-refractivity contribution in [3.63, 3.8) is 0 Å². The number of benzene rings is 1. The van der Waals surface area contributed by atoms with Crippen molar-refractivity contribution in [1.29, 1.82) is 0 Å². The van der Waals surface area contributed by atoms with Gasteiger partial charge in [0.05, 0.1) is 22.9 Å². The van der Waals surface area contributed by atoms with Crippen LogP contribution in [0.3, 0.4) is 0 Å². The predicted molar refractivity (Wildman–Crippen MR) is 74.0 cm³/mol. The van der Waals surface area contributed by atoms with E-state index in [2.05, 4.69) is 9.97 Å². The van der Waals surface area contributed by atoms with E-state index in [0.29, 0.717) is 22.3 Å². The van der Waals surface area contributed by atoms with E-state index in [1.54, 1.807) is 24.4 Å². The molecule has 0 unspecified atom stereocenters. The second kappa shape index (κ2) is 4.74. The fraction of sp³-hybridized carbons (Fsp3) is 0.0625. The lowest BCUT2D eigenvalue weighted by Crippen LogP contribution is -2.22. The minimum atomic E-state index is -1.21. The van der Waals surface area contributed by atoms with Crippen molar-refractivity contribution >= 4 is 16.9 Å². The number of carbonyl (C=O) groups is 1. The molecule has 3 rings (SSSR count). The quantitative estimate of drug-likeness (QED) is 0.709. The first-order chi connectivity index (χ1) is 9.66. The van der Waals surface area contributed by atoms with Crippen LogP contribution in [0.2, 0.25) is 0 Å². The molecular weight excluding hydrogens is 252 g/mol. The van der Waals surface area contributed by atoms with Crippen LogP contribution in [0.5, 0.6) is 0 Å². The molecule has 0 radical (unpaired) electrons. The molecule has 98 valence electrons. The average molecular weight is 263 g/mol. The molecule has 0 bridgehead atoms. The number of hydrogen-bond donors (Lipinski definition) is 0. The van der Waals surface area contributed by atoms with Crippen LogP contribution < -0.4 is 5.11 Å². The van der Waals surface area contributed by atoms with Gasteiger partial charge >= 0.3 is 0 Å². The summed E-state index contributed by atoms with van der Waals surface area (Å²) >= 11 is 0. The number of hydrogen-bond acceptors (Lipinski definition) is 4. The topological polar surface area (TPSA) is 65.9 Å². The SMILES string of the molecule is Cc1cccc2c(C(=O)[O-])cc(-c3ccccn3)nc12. The van der Waals surface area contributed by atoms with E-state index in [0.717, 1.165) is 5.56 Å². The van der Waals surface area contributed by atoms with Gasteiger partial charge in [0.25, 0.3) is 0 Å². The maximum absolute atomic E-state index is 11.4. The third-order valence-electron chi connectivity index (χ3n) is 3.19. The summed E-state index contributed by atoms with van der Waals surface area (Å²) in [4.78, 5) is 20.1. The average Bonchev–Trinajstić information content (AvgIpc) is 2.47. The summed E-state index contributed by atoms with van der Waals surface area (Å²) in [7, 11) is 0. The summed E-state index contributed by atoms with van der Waals surface area (Å²) < 4.78 is 0. The van der Waals surface area contributed by atoms with E-state index in [-0.39, 0.29) is 5.56 Å². The largest absolute Gasteiger partial charge is 0.545 e. The number of aryl methyl sites for hydroxylation is 1. The highest BCUT2D eigenvalue weighted by Crippen LogP contribution is 2.25. The first-order valence-corrected chi connectivity index (χ1v) is 6.20. The van der Waals surface area contributed by atoms with Crippen LogP contribution in [-0.2, 0) is 0 Å². The maximum Gasteiger partial charge on any atom is 0.0900 e. The summed E-state index contributed by atoms with van der Waals surface area (Å²) in [5, 5.41) is 11.9. The molecule has 3 aromatic rings. The predicted octanol–water partition coefficient (Wildman–Crippen LogP) is 1.97. The highest BCUT2D eigenvalue weighted by atomic mass is 16.4. The Balaban J connectivity index is 2.36. The van der Waals surface area contributed by atoms with Gasteiger partial charge in [-0.3, -0.25) is 4.98 Å². The Morgan fingerprint density at radius 1 is 1.10 bits per heavy atom. The summed E-state index contributed by atoms with van der Waals surface area (Å²) in [5.41, 5.74) is 2.89. The van der Waals surface area contributed by atoms with Crippen LogP contribution >= 0.6 is 0 Å². The molecule has 2 heterocycles. The monoisotopic (exact) mass is 263 g/mol. The highest BCUT2D eigenvalue weighted by molar-refractivity contribution is 6.03. The minimum absolute atomic E-state index is 0.138. The first-order valence-electron chi connectivity index (χ1n) is 6.20. The lowest BCUT2D eigenvalue weighted by molar-refractivity contribution is -0.254. The van der Waals surface area contributed by atoms with Crippen LogP contribution in [0.15, 0.2) is 48.7 Å². The van der Waals surface area contributed by atoms with Crippen LogP contribution in [-0.4, -0.2) is 15.9 Å². The number of carboxylic acid groups (broad SMARTS) is 1. The molecule has 2 aromatic heterocycles. The van der Waals surface area contributed by atoms with Crippen molar-refractivity contribution in [2.45, 2.75) is 6.92 Å². The standard InChI is InChI=1S/C16H12N2O2/c1-10-5-4-6-11-12(16(19)20)9-14(18-15(10)11)13-7-2-3-8-17-13/h2-9H,1H3,(H,19,20)/p-1. The Kier molecular flexibility index (Phi) is 2.91. The van der Waals surface area contributed by atoms with Crippen molar-refractivity contribution in [3.05, 3.63) is 59.8 Å². The molecule has 4 heteroatoms. The number of aromatic carboxylic acids is 1. The van der Waals surface area contributed by atoms with E-state index in [1.807, 2.05) is 25.1 Å². The zero-order valence-corrected chi connectivity index (χ0v) is 10.8. The van der Waals surface area contributed by atoms with Gasteiger partial charge in [-0.05, 0) is 30.7 Å². The van der Waals surface area contributed by atoms with E-state index < -0.39 is 5.97 Å². The van der Waals surface area contributed by atoms with Gasteiger partial charge in [-0.2, -0.15) is 0 Å². The van der Waals surface area contributed by atoms with E-state index in [4.69, 9.17) is 0 Å². The normalized spacial score (nSPS) is 10.7. The fourth-order valence-corrected chi connectivity index (χ4v) is 2.21. The summed E-state index contributed by atoms with van der Waals surface area (Å²) in [6.45, 7) is 1.90. The van der Waals surface area contributed by atoms with Crippen molar-refractivity contribution in [3.8, 4) is 11.4 Å². The number of aromatic nitrogens is 2. The van der Waals surface area contributed by atoms with Crippen LogP contribution in [0.1, 0.15) is 15.9 Å². The molecule has 0 spiro atoms. The van der Waals surface area contributed by atoms with Gasteiger partial charge in [0.15, 0.2) is 0 Å². The number of carbonyl (C=O) groups excluding carboxylic acids is 1. The third kappa shape index (κ3) is 2.01. The number of carboxylic acids is 1. The summed E-state index contributed by atoms with van der Waals surface area (Å²) in [5.74, 6) is -1.21. The molecule has 0 atom stereocenters. The lowest BCUT2D eigenvalue weighted by atomic mass is 10.0. The Morgan fingerprint density at radius 3 is 2.65 bits per heavy atom. The fourth-order valence-electron chi connectivity index (χ4n) is 2.21. The minimum Gasteiger partial charge on any atom is -0.545 e. The van der Waals surface area contributed by atoms with Crippen LogP contribution in [0.4, 0.5) is 0 Å². The van der Waals surface area contributed by atoms with Crippen LogP contribution in [0.25, 0.3) is 22.3 Å². The molecule has 4 nitrogen and oxygen atoms in total. The van der Waals surface area contributed by atoms with E-state index in [1.165, 1.54) is 6.07 Å². The molecule has 0 saturated carbocycles. The first kappa shape index (κ1) is 12.3. The number of pyridine rings is 2. The van der Waals surface area contributed by atoms with Gasteiger partial charge in [0, 0.05) is 17.1 Å². The molecule has 0 aliphatic heterocycles. The molecule has 0 N–H and O–H groups in total. The number of rotatable bonds is 2. The van der Waals surface area contributed by atoms with Crippen molar-refractivity contribution in [2.75, 3.05) is 0 Å². The zero-order chi connectivity index (χ0) is 14.1. The maximum atomic E-state index is 11.4. The summed E-state index contributed by atoms with van der Waals surface area (Å²) in [6, 6.07) is 12.4. The molecule has 0 saturated heterocycles. The Morgan fingerprint density at radius 2 is 1.95 bits per heavy atom. The smallest absolute Gasteiger partial charge is 0.0900 e. The third-order valence-corrected chi connectivity index (χ3v) is 3.19. The highest BCUT2D eigenvalue weighted by Gasteiger charge is 2.10. The molecule has 20 heavy (non-hydrogen) atoms. The second-order valence-corrected chi connectivity index (χ2v) is 4.53. The van der Waals surface area contributed by atoms with Crippen molar-refractivity contribution in [1.82, 2.24) is 9.97 Å². The Labute approximate surface area is 115 Å². The zero-order valence-electron chi connectivity index (χ0n) is 10.8. The van der Waals surface area contributed by atoms with E-state index in [9.17, 15) is 9.90 Å². The van der Waals surface area contributed by atoms with Crippen molar-refractivity contribution < 1.29 is 9.90 Å². The van der Waals surface area contributed by atoms with Gasteiger partial charge in [-0.15, -0.1) is 0 Å². The second-order valence-electron chi connectivity index (χ2n) is 4.53. The number of fused-ring (bicyclic) bond motifs is 1. The van der Waals surface area contributed by atoms with Gasteiger partial charge in [0.1, 0.15) is 0 Å². The number of nitrogens with zero attached hydrogens (tertiary/aromatic N) is 2. The van der Waals surface area contributed by atoms with Crippen molar-refractivity contribution in [2.24, 2.45) is 0 Å². The Hall–Kier alpha value is -2.75. The molecule has 0 amide bonds. The van der Waals surface area contributed by atoms with Crippen LogP contribution in [0, 0.1) is 6.92 Å². The molecular formula is C16H11N2O2-. The Bertz CT molecular complexity index is 798. The summed E-state index contributed by atoms with van der Waals surface area (Å²) in [6.07, 6.45) is 1.65. The van der Waals surface area contributed by atoms with Gasteiger partial charge in [-0.25, -0.2) is 4.98 Å². The van der Waals surface area contributed by atoms with Gasteiger partial charge in [0.2, 0.25) is 0 Å². The molecule has 1 aromatic carbocycles. The lowest BCUT2D eigenvalue weighted by Gasteiger charge is -2.11. The number of para-hydroxylation sites is 1. The molecule has 0 aliphatic rings. The molecule has 0 aliphatic carbocycles. The van der Waals surface area contributed by atoms with E-state index >= 15 is 0 Å². The molecule has 0 fully saturated rings.